The van der Waals surface area contributed by atoms with Crippen molar-refractivity contribution in [2.75, 3.05) is 11.4 Å². The highest BCUT2D eigenvalue weighted by atomic mass is 32.1. The molecule has 0 aliphatic heterocycles. The van der Waals surface area contributed by atoms with E-state index in [1.807, 2.05) is 36.6 Å². The van der Waals surface area contributed by atoms with Crippen LogP contribution in [0.15, 0.2) is 47.8 Å². The van der Waals surface area contributed by atoms with Gasteiger partial charge in [0.15, 0.2) is 11.6 Å². The van der Waals surface area contributed by atoms with Crippen LogP contribution in [-0.2, 0) is 11.2 Å². The Labute approximate surface area is 154 Å². The molecule has 0 bridgehead atoms. The lowest BCUT2D eigenvalue weighted by Gasteiger charge is -2.20. The van der Waals surface area contributed by atoms with Gasteiger partial charge in [0.05, 0.1) is 12.1 Å². The maximum Gasteiger partial charge on any atom is 0.233 e. The highest BCUT2D eigenvalue weighted by Crippen LogP contribution is 2.25. The quantitative estimate of drug-likeness (QED) is 0.632. The number of likely N-dealkylation sites (N-methyl/N-ethyl adjacent to an activating group) is 1. The monoisotopic (exact) mass is 372 g/mol. The van der Waals surface area contributed by atoms with Crippen LogP contribution in [0.4, 0.5) is 14.5 Å². The molecule has 0 aliphatic rings. The molecular weight excluding hydrogens is 354 g/mol. The summed E-state index contributed by atoms with van der Waals surface area (Å²) in [6.07, 6.45) is 0.106. The van der Waals surface area contributed by atoms with Crippen molar-refractivity contribution in [3.05, 3.63) is 70.7 Å². The summed E-state index contributed by atoms with van der Waals surface area (Å²) in [5.41, 5.74) is 3.18. The van der Waals surface area contributed by atoms with Gasteiger partial charge in [0, 0.05) is 29.2 Å². The Bertz CT molecular complexity index is 922. The zero-order valence-corrected chi connectivity index (χ0v) is 15.3. The predicted molar refractivity (Wildman–Crippen MR) is 100 cm³/mol. The highest BCUT2D eigenvalue weighted by Gasteiger charge is 2.18. The van der Waals surface area contributed by atoms with E-state index in [1.165, 1.54) is 27.9 Å². The van der Waals surface area contributed by atoms with E-state index in [0.717, 1.165) is 22.7 Å². The molecule has 134 valence electrons. The van der Waals surface area contributed by atoms with E-state index >= 15 is 0 Å². The van der Waals surface area contributed by atoms with Crippen LogP contribution in [-0.4, -0.2) is 17.4 Å². The van der Waals surface area contributed by atoms with Gasteiger partial charge < -0.3 is 4.90 Å². The maximum atomic E-state index is 13.5. The van der Waals surface area contributed by atoms with E-state index in [0.29, 0.717) is 17.9 Å². The van der Waals surface area contributed by atoms with Gasteiger partial charge >= 0.3 is 0 Å². The van der Waals surface area contributed by atoms with Crippen molar-refractivity contribution < 1.29 is 13.6 Å². The summed E-state index contributed by atoms with van der Waals surface area (Å²) >= 11 is 1.48. The van der Waals surface area contributed by atoms with Crippen LogP contribution >= 0.6 is 11.3 Å². The Hall–Kier alpha value is -2.60. The lowest BCUT2D eigenvalue weighted by Crippen LogP contribution is -2.32. The van der Waals surface area contributed by atoms with Crippen LogP contribution < -0.4 is 4.90 Å². The summed E-state index contributed by atoms with van der Waals surface area (Å²) in [5.74, 6) is -2.11. The molecule has 0 radical (unpaired) electrons. The molecule has 0 fully saturated rings. The predicted octanol–water partition coefficient (Wildman–Crippen LogP) is 4.99. The minimum Gasteiger partial charge on any atom is -0.312 e. The van der Waals surface area contributed by atoms with Gasteiger partial charge in [-0.15, -0.1) is 11.3 Å². The van der Waals surface area contributed by atoms with Gasteiger partial charge in [-0.2, -0.15) is 0 Å². The van der Waals surface area contributed by atoms with Gasteiger partial charge in [0.1, 0.15) is 5.01 Å². The van der Waals surface area contributed by atoms with E-state index in [4.69, 9.17) is 0 Å². The minimum atomic E-state index is -0.968. The molecular formula is C20H18F2N2OS. The smallest absolute Gasteiger partial charge is 0.233 e. The molecule has 6 heteroatoms. The number of amides is 1. The molecule has 2 aromatic carbocycles. The molecule has 0 saturated carbocycles. The van der Waals surface area contributed by atoms with E-state index < -0.39 is 11.6 Å². The second-order valence-corrected chi connectivity index (χ2v) is 6.78. The van der Waals surface area contributed by atoms with E-state index in [-0.39, 0.29) is 12.3 Å². The maximum absolute atomic E-state index is 13.5. The number of anilines is 1. The highest BCUT2D eigenvalue weighted by molar-refractivity contribution is 7.13. The van der Waals surface area contributed by atoms with Gasteiger partial charge in [-0.05, 0) is 26.0 Å². The Morgan fingerprint density at radius 2 is 1.85 bits per heavy atom. The van der Waals surface area contributed by atoms with Crippen LogP contribution in [0.2, 0.25) is 0 Å². The number of aryl methyl sites for hydroxylation is 1. The zero-order valence-electron chi connectivity index (χ0n) is 14.5. The standard InChI is InChI=1S/C20H18F2N2OS/c1-3-24(16-8-9-17(21)18(22)11-16)19(25)10-15-12-26-20(23-15)14-6-4-13(2)5-7-14/h4-9,11-12H,3,10H2,1-2H3. The molecule has 0 aliphatic carbocycles. The van der Waals surface area contributed by atoms with Crippen LogP contribution in [0.25, 0.3) is 10.6 Å². The fraction of sp³-hybridized carbons (Fsp3) is 0.200. The number of carbonyl (C=O) groups excluding carboxylic acids is 1. The lowest BCUT2D eigenvalue weighted by molar-refractivity contribution is -0.118. The van der Waals surface area contributed by atoms with Crippen molar-refractivity contribution in [1.82, 2.24) is 4.98 Å². The number of benzene rings is 2. The van der Waals surface area contributed by atoms with Crippen molar-refractivity contribution in [3.8, 4) is 10.6 Å². The third-order valence-electron chi connectivity index (χ3n) is 4.01. The van der Waals surface area contributed by atoms with E-state index in [2.05, 4.69) is 4.98 Å². The first-order chi connectivity index (χ1) is 12.5. The van der Waals surface area contributed by atoms with Gasteiger partial charge in [-0.3, -0.25) is 4.79 Å². The molecule has 3 aromatic rings. The van der Waals surface area contributed by atoms with Gasteiger partial charge in [0.25, 0.3) is 0 Å². The SMILES string of the molecule is CCN(C(=O)Cc1csc(-c2ccc(C)cc2)n1)c1ccc(F)c(F)c1. The Morgan fingerprint density at radius 1 is 1.12 bits per heavy atom. The number of rotatable bonds is 5. The molecule has 0 unspecified atom stereocenters. The molecule has 1 amide bonds. The average molecular weight is 372 g/mol. The van der Waals surface area contributed by atoms with Gasteiger partial charge in [0.2, 0.25) is 5.91 Å². The summed E-state index contributed by atoms with van der Waals surface area (Å²) in [7, 11) is 0. The van der Waals surface area contributed by atoms with Crippen molar-refractivity contribution >= 4 is 22.9 Å². The topological polar surface area (TPSA) is 33.2 Å². The lowest BCUT2D eigenvalue weighted by atomic mass is 10.2. The van der Waals surface area contributed by atoms with Crippen LogP contribution in [0.5, 0.6) is 0 Å². The molecule has 26 heavy (non-hydrogen) atoms. The molecule has 1 heterocycles. The molecule has 1 aromatic heterocycles. The molecule has 0 atom stereocenters. The molecule has 0 spiro atoms. The fourth-order valence-electron chi connectivity index (χ4n) is 2.62. The first-order valence-electron chi connectivity index (χ1n) is 8.24. The summed E-state index contributed by atoms with van der Waals surface area (Å²) in [6.45, 7) is 4.17. The number of hydrogen-bond donors (Lipinski definition) is 0. The summed E-state index contributed by atoms with van der Waals surface area (Å²) in [6, 6.07) is 11.5. The third-order valence-corrected chi connectivity index (χ3v) is 4.95. The second-order valence-electron chi connectivity index (χ2n) is 5.92. The molecule has 0 N–H and O–H groups in total. The molecule has 3 rings (SSSR count). The van der Waals surface area contributed by atoms with Crippen molar-refractivity contribution in [2.24, 2.45) is 0 Å². The molecule has 0 saturated heterocycles. The fourth-order valence-corrected chi connectivity index (χ4v) is 3.45. The summed E-state index contributed by atoms with van der Waals surface area (Å²) in [5, 5.41) is 2.70. The first-order valence-corrected chi connectivity index (χ1v) is 9.12. The van der Waals surface area contributed by atoms with Crippen molar-refractivity contribution in [1.29, 1.82) is 0 Å². The Balaban J connectivity index is 1.76. The van der Waals surface area contributed by atoms with Crippen LogP contribution in [0, 0.1) is 18.6 Å². The van der Waals surface area contributed by atoms with E-state index in [9.17, 15) is 13.6 Å². The average Bonchev–Trinajstić information content (AvgIpc) is 3.07. The zero-order chi connectivity index (χ0) is 18.7. The number of aromatic nitrogens is 1. The summed E-state index contributed by atoms with van der Waals surface area (Å²) in [4.78, 5) is 18.6. The van der Waals surface area contributed by atoms with Crippen LogP contribution in [0.1, 0.15) is 18.2 Å². The van der Waals surface area contributed by atoms with Crippen molar-refractivity contribution in [2.45, 2.75) is 20.3 Å². The number of hydrogen-bond acceptors (Lipinski definition) is 3. The number of thiazole rings is 1. The van der Waals surface area contributed by atoms with Gasteiger partial charge in [-0.1, -0.05) is 29.8 Å². The number of halogens is 2. The number of nitrogens with zero attached hydrogens (tertiary/aromatic N) is 2. The van der Waals surface area contributed by atoms with E-state index in [1.54, 1.807) is 6.92 Å². The van der Waals surface area contributed by atoms with Gasteiger partial charge in [-0.25, -0.2) is 13.8 Å². The largest absolute Gasteiger partial charge is 0.312 e. The normalized spacial score (nSPS) is 10.8. The Kier molecular flexibility index (Phi) is 5.42. The minimum absolute atomic E-state index is 0.106. The number of carbonyl (C=O) groups is 1. The first kappa shape index (κ1) is 18.2. The third kappa shape index (κ3) is 3.96. The van der Waals surface area contributed by atoms with Crippen LogP contribution in [0.3, 0.4) is 0 Å². The molecule has 3 nitrogen and oxygen atoms in total. The second kappa shape index (κ2) is 7.74. The summed E-state index contributed by atoms with van der Waals surface area (Å²) < 4.78 is 26.6. The Morgan fingerprint density at radius 3 is 2.50 bits per heavy atom. The van der Waals surface area contributed by atoms with Crippen molar-refractivity contribution in [3.63, 3.8) is 0 Å².